The molecule has 5 rings (SSSR count). The molecule has 1 amide bonds. The van der Waals surface area contributed by atoms with Crippen LogP contribution in [0.3, 0.4) is 0 Å². The zero-order valence-electron chi connectivity index (χ0n) is 16.6. The number of carbonyl (C=O) groups is 1. The predicted octanol–water partition coefficient (Wildman–Crippen LogP) is 2.92. The molecule has 0 unspecified atom stereocenters. The van der Waals surface area contributed by atoms with Gasteiger partial charge in [-0.05, 0) is 42.7 Å². The van der Waals surface area contributed by atoms with Gasteiger partial charge in [-0.1, -0.05) is 18.2 Å². The standard InChI is InChI=1S/C23H23N3O4/c27-20-14-24-26(19-6-2-1-5-17(19)20)15-23(28)25-10-3-7-18(25)16-8-9-21-22(13-16)30-12-4-11-29-21/h1-2,5-6,8-9,13-14,18H,3-4,7,10-12,15H2/t18-/m1/s1. The van der Waals surface area contributed by atoms with Crippen molar-refractivity contribution in [2.24, 2.45) is 0 Å². The molecule has 0 radical (unpaired) electrons. The lowest BCUT2D eigenvalue weighted by atomic mass is 10.0. The molecule has 0 aliphatic carbocycles. The molecule has 2 aliphatic rings. The molecule has 3 aromatic rings. The Bertz CT molecular complexity index is 1160. The van der Waals surface area contributed by atoms with E-state index in [0.717, 1.165) is 36.3 Å². The van der Waals surface area contributed by atoms with Crippen molar-refractivity contribution in [1.82, 2.24) is 14.7 Å². The van der Waals surface area contributed by atoms with Crippen LogP contribution < -0.4 is 14.9 Å². The molecule has 0 spiro atoms. The van der Waals surface area contributed by atoms with E-state index in [0.29, 0.717) is 30.7 Å². The van der Waals surface area contributed by atoms with E-state index in [2.05, 4.69) is 5.10 Å². The number of fused-ring (bicyclic) bond motifs is 2. The molecule has 1 saturated heterocycles. The summed E-state index contributed by atoms with van der Waals surface area (Å²) in [5.74, 6) is 1.50. The number of benzene rings is 2. The average molecular weight is 405 g/mol. The van der Waals surface area contributed by atoms with Gasteiger partial charge in [-0.15, -0.1) is 0 Å². The van der Waals surface area contributed by atoms with Crippen molar-refractivity contribution >= 4 is 16.8 Å². The fraction of sp³-hybridized carbons (Fsp3) is 0.348. The SMILES string of the molecule is O=C(Cn1ncc(=O)c2ccccc21)N1CCC[C@@H]1c1ccc2c(c1)OCCCO2. The molecule has 1 fully saturated rings. The summed E-state index contributed by atoms with van der Waals surface area (Å²) in [6.07, 6.45) is 3.99. The van der Waals surface area contributed by atoms with E-state index in [1.54, 1.807) is 10.7 Å². The fourth-order valence-corrected chi connectivity index (χ4v) is 4.30. The highest BCUT2D eigenvalue weighted by Crippen LogP contribution is 2.38. The van der Waals surface area contributed by atoms with Gasteiger partial charge in [-0.25, -0.2) is 0 Å². The van der Waals surface area contributed by atoms with Crippen molar-refractivity contribution in [3.8, 4) is 11.5 Å². The lowest BCUT2D eigenvalue weighted by molar-refractivity contribution is -0.132. The molecule has 1 aromatic heterocycles. The normalized spacial score (nSPS) is 18.4. The van der Waals surface area contributed by atoms with E-state index in [1.165, 1.54) is 6.20 Å². The van der Waals surface area contributed by atoms with E-state index in [9.17, 15) is 9.59 Å². The summed E-state index contributed by atoms with van der Waals surface area (Å²) < 4.78 is 13.2. The molecule has 1 atom stereocenters. The number of nitrogens with zero attached hydrogens (tertiary/aromatic N) is 3. The van der Waals surface area contributed by atoms with Gasteiger partial charge in [0.2, 0.25) is 11.3 Å². The van der Waals surface area contributed by atoms with Crippen molar-refractivity contribution in [2.45, 2.75) is 31.8 Å². The Kier molecular flexibility index (Phi) is 4.86. The third-order valence-electron chi connectivity index (χ3n) is 5.78. The Morgan fingerprint density at radius 2 is 1.90 bits per heavy atom. The number of carbonyl (C=O) groups excluding carboxylic acids is 1. The smallest absolute Gasteiger partial charge is 0.244 e. The van der Waals surface area contributed by atoms with Crippen LogP contribution in [-0.4, -0.2) is 40.3 Å². The van der Waals surface area contributed by atoms with Crippen LogP contribution in [0.1, 0.15) is 30.9 Å². The number of para-hydroxylation sites is 1. The maximum Gasteiger partial charge on any atom is 0.244 e. The van der Waals surface area contributed by atoms with Crippen LogP contribution in [0.2, 0.25) is 0 Å². The van der Waals surface area contributed by atoms with Gasteiger partial charge in [-0.3, -0.25) is 14.3 Å². The second-order valence-corrected chi connectivity index (χ2v) is 7.69. The third kappa shape index (κ3) is 3.40. The van der Waals surface area contributed by atoms with E-state index in [4.69, 9.17) is 9.47 Å². The maximum atomic E-state index is 13.2. The van der Waals surface area contributed by atoms with Gasteiger partial charge in [0, 0.05) is 18.4 Å². The molecule has 7 nitrogen and oxygen atoms in total. The monoisotopic (exact) mass is 405 g/mol. The first-order valence-corrected chi connectivity index (χ1v) is 10.3. The predicted molar refractivity (Wildman–Crippen MR) is 112 cm³/mol. The first-order valence-electron chi connectivity index (χ1n) is 10.3. The Morgan fingerprint density at radius 3 is 2.80 bits per heavy atom. The summed E-state index contributed by atoms with van der Waals surface area (Å²) in [4.78, 5) is 27.2. The van der Waals surface area contributed by atoms with Crippen molar-refractivity contribution in [3.05, 3.63) is 64.4 Å². The van der Waals surface area contributed by atoms with E-state index < -0.39 is 0 Å². The Labute approximate surface area is 173 Å². The van der Waals surface area contributed by atoms with E-state index >= 15 is 0 Å². The Hall–Kier alpha value is -3.35. The topological polar surface area (TPSA) is 73.7 Å². The number of amides is 1. The van der Waals surface area contributed by atoms with Gasteiger partial charge < -0.3 is 14.4 Å². The van der Waals surface area contributed by atoms with Gasteiger partial charge in [0.15, 0.2) is 11.5 Å². The van der Waals surface area contributed by atoms with Crippen LogP contribution in [-0.2, 0) is 11.3 Å². The molecule has 0 saturated carbocycles. The quantitative estimate of drug-likeness (QED) is 0.670. The molecule has 0 N–H and O–H groups in total. The molecule has 2 aliphatic heterocycles. The number of rotatable bonds is 3. The number of hydrogen-bond acceptors (Lipinski definition) is 5. The zero-order valence-corrected chi connectivity index (χ0v) is 16.6. The van der Waals surface area contributed by atoms with Gasteiger partial charge >= 0.3 is 0 Å². The highest BCUT2D eigenvalue weighted by atomic mass is 16.5. The molecule has 30 heavy (non-hydrogen) atoms. The van der Waals surface area contributed by atoms with Gasteiger partial charge in [0.05, 0.1) is 31.0 Å². The Balaban J connectivity index is 1.41. The minimum absolute atomic E-state index is 0.000277. The van der Waals surface area contributed by atoms with Crippen LogP contribution in [0.25, 0.3) is 10.9 Å². The average Bonchev–Trinajstić information content (AvgIpc) is 3.15. The molecular weight excluding hydrogens is 382 g/mol. The fourth-order valence-electron chi connectivity index (χ4n) is 4.30. The van der Waals surface area contributed by atoms with Crippen molar-refractivity contribution < 1.29 is 14.3 Å². The zero-order chi connectivity index (χ0) is 20.5. The summed E-state index contributed by atoms with van der Waals surface area (Å²) in [6, 6.07) is 13.2. The largest absolute Gasteiger partial charge is 0.490 e. The van der Waals surface area contributed by atoms with E-state index in [1.807, 2.05) is 41.3 Å². The third-order valence-corrected chi connectivity index (χ3v) is 5.78. The summed E-state index contributed by atoms with van der Waals surface area (Å²) in [5, 5.41) is 4.77. The summed E-state index contributed by atoms with van der Waals surface area (Å²) in [6.45, 7) is 2.09. The van der Waals surface area contributed by atoms with Crippen LogP contribution in [0, 0.1) is 0 Å². The van der Waals surface area contributed by atoms with Crippen molar-refractivity contribution in [1.29, 1.82) is 0 Å². The van der Waals surface area contributed by atoms with E-state index in [-0.39, 0.29) is 23.9 Å². The lowest BCUT2D eigenvalue weighted by Crippen LogP contribution is -2.34. The molecular formula is C23H23N3O4. The molecule has 3 heterocycles. The summed E-state index contributed by atoms with van der Waals surface area (Å²) in [5.41, 5.74) is 1.59. The van der Waals surface area contributed by atoms with Crippen LogP contribution >= 0.6 is 0 Å². The number of ether oxygens (including phenoxy) is 2. The van der Waals surface area contributed by atoms with Crippen molar-refractivity contribution in [3.63, 3.8) is 0 Å². The summed E-state index contributed by atoms with van der Waals surface area (Å²) in [7, 11) is 0. The minimum atomic E-state index is -0.138. The van der Waals surface area contributed by atoms with Crippen LogP contribution in [0.4, 0.5) is 0 Å². The highest BCUT2D eigenvalue weighted by molar-refractivity contribution is 5.82. The van der Waals surface area contributed by atoms with Crippen molar-refractivity contribution in [2.75, 3.05) is 19.8 Å². The lowest BCUT2D eigenvalue weighted by Gasteiger charge is -2.26. The molecule has 2 aromatic carbocycles. The first kappa shape index (κ1) is 18.7. The number of likely N-dealkylation sites (tertiary alicyclic amines) is 1. The maximum absolute atomic E-state index is 13.2. The number of aromatic nitrogens is 2. The summed E-state index contributed by atoms with van der Waals surface area (Å²) >= 11 is 0. The molecule has 0 bridgehead atoms. The van der Waals surface area contributed by atoms with Gasteiger partial charge in [-0.2, -0.15) is 5.10 Å². The Morgan fingerprint density at radius 1 is 1.07 bits per heavy atom. The molecule has 7 heteroatoms. The van der Waals surface area contributed by atoms with Gasteiger partial charge in [0.1, 0.15) is 6.54 Å². The number of hydrogen-bond donors (Lipinski definition) is 0. The second kappa shape index (κ2) is 7.82. The van der Waals surface area contributed by atoms with Gasteiger partial charge in [0.25, 0.3) is 0 Å². The van der Waals surface area contributed by atoms with Crippen LogP contribution in [0.5, 0.6) is 11.5 Å². The molecule has 154 valence electrons. The minimum Gasteiger partial charge on any atom is -0.490 e. The highest BCUT2D eigenvalue weighted by Gasteiger charge is 2.31. The van der Waals surface area contributed by atoms with Crippen LogP contribution in [0.15, 0.2) is 53.5 Å². The second-order valence-electron chi connectivity index (χ2n) is 7.69. The first-order chi connectivity index (χ1) is 14.7.